The molecule has 7 heteroatoms. The fourth-order valence-corrected chi connectivity index (χ4v) is 4.25. The highest BCUT2D eigenvalue weighted by atomic mass is 16.4. The molecule has 7 nitrogen and oxygen atoms in total. The zero-order valence-electron chi connectivity index (χ0n) is 14.1. The first-order valence-corrected chi connectivity index (χ1v) is 8.95. The van der Waals surface area contributed by atoms with E-state index < -0.39 is 12.0 Å². The van der Waals surface area contributed by atoms with Gasteiger partial charge in [-0.05, 0) is 49.7 Å². The van der Waals surface area contributed by atoms with Gasteiger partial charge in [-0.3, -0.25) is 9.59 Å². The van der Waals surface area contributed by atoms with Crippen LogP contribution < -0.4 is 0 Å². The van der Waals surface area contributed by atoms with Crippen LogP contribution in [0.15, 0.2) is 18.3 Å². The fraction of sp³-hybridized carbons (Fsp3) is 0.611. The van der Waals surface area contributed by atoms with Gasteiger partial charge in [0.2, 0.25) is 5.91 Å². The van der Waals surface area contributed by atoms with E-state index in [0.29, 0.717) is 31.7 Å². The Morgan fingerprint density at radius 2 is 1.92 bits per heavy atom. The summed E-state index contributed by atoms with van der Waals surface area (Å²) in [7, 11) is 0. The van der Waals surface area contributed by atoms with E-state index in [1.807, 2.05) is 4.90 Å². The van der Waals surface area contributed by atoms with Crippen LogP contribution in [0.25, 0.3) is 0 Å². The molecule has 1 atom stereocenters. The molecule has 1 aromatic heterocycles. The number of piperidine rings is 1. The van der Waals surface area contributed by atoms with Gasteiger partial charge in [0.05, 0.1) is 0 Å². The summed E-state index contributed by atoms with van der Waals surface area (Å²) in [6.07, 6.45) is 5.50. The minimum atomic E-state index is -0.907. The van der Waals surface area contributed by atoms with E-state index in [0.717, 1.165) is 25.7 Å². The lowest BCUT2D eigenvalue weighted by atomic mass is 9.76. The monoisotopic (exact) mass is 345 g/mol. The number of aliphatic carboxylic acids is 1. The van der Waals surface area contributed by atoms with Gasteiger partial charge in [-0.15, -0.1) is 0 Å². The van der Waals surface area contributed by atoms with Gasteiger partial charge in [0.1, 0.15) is 11.7 Å². The number of aromatic amines is 1. The molecule has 2 amide bonds. The van der Waals surface area contributed by atoms with E-state index in [2.05, 4.69) is 4.98 Å². The van der Waals surface area contributed by atoms with Crippen molar-refractivity contribution >= 4 is 17.8 Å². The molecular formula is C18H23N3O4. The van der Waals surface area contributed by atoms with E-state index in [9.17, 15) is 19.5 Å². The number of hydrogen-bond donors (Lipinski definition) is 2. The van der Waals surface area contributed by atoms with Crippen LogP contribution in [0.4, 0.5) is 0 Å². The minimum absolute atomic E-state index is 0.00849. The molecule has 3 heterocycles. The highest BCUT2D eigenvalue weighted by Gasteiger charge is 2.52. The molecule has 2 saturated heterocycles. The summed E-state index contributed by atoms with van der Waals surface area (Å²) in [4.78, 5) is 42.9. The Bertz CT molecular complexity index is 687. The lowest BCUT2D eigenvalue weighted by molar-refractivity contribution is -0.148. The minimum Gasteiger partial charge on any atom is -0.480 e. The van der Waals surface area contributed by atoms with Gasteiger partial charge in [-0.1, -0.05) is 0 Å². The Kier molecular flexibility index (Phi) is 3.81. The number of amides is 2. The van der Waals surface area contributed by atoms with Crippen LogP contribution in [0.5, 0.6) is 0 Å². The number of hydrogen-bond acceptors (Lipinski definition) is 3. The second-order valence-corrected chi connectivity index (χ2v) is 7.67. The van der Waals surface area contributed by atoms with Crippen LogP contribution >= 0.6 is 0 Å². The van der Waals surface area contributed by atoms with Gasteiger partial charge in [-0.25, -0.2) is 4.79 Å². The lowest BCUT2D eigenvalue weighted by Gasteiger charge is -2.39. The summed E-state index contributed by atoms with van der Waals surface area (Å²) in [5.41, 5.74) is 0.413. The number of carbonyl (C=O) groups is 3. The molecule has 2 N–H and O–H groups in total. The Morgan fingerprint density at radius 3 is 2.48 bits per heavy atom. The molecule has 4 rings (SSSR count). The summed E-state index contributed by atoms with van der Waals surface area (Å²) in [5.74, 6) is -0.880. The van der Waals surface area contributed by atoms with Gasteiger partial charge in [0, 0.05) is 31.7 Å². The molecule has 3 fully saturated rings. The number of nitrogens with one attached hydrogen (secondary N) is 1. The molecule has 1 aliphatic carbocycles. The molecule has 134 valence electrons. The first-order chi connectivity index (χ1) is 12.0. The standard InChI is InChI=1S/C18H23N3O4/c22-15(12-3-4-12)21-11-18(10-14(21)17(24)25)5-8-20(9-6-18)16(23)13-2-1-7-19-13/h1-2,7,12,14,19H,3-6,8-11H2,(H,24,25). The second kappa shape index (κ2) is 5.89. The van der Waals surface area contributed by atoms with Crippen LogP contribution in [0.1, 0.15) is 42.6 Å². The van der Waals surface area contributed by atoms with Gasteiger partial charge in [0.15, 0.2) is 0 Å². The van der Waals surface area contributed by atoms with E-state index >= 15 is 0 Å². The summed E-state index contributed by atoms with van der Waals surface area (Å²) in [6, 6.07) is 2.85. The highest BCUT2D eigenvalue weighted by molar-refractivity contribution is 5.92. The zero-order valence-corrected chi connectivity index (χ0v) is 14.1. The van der Waals surface area contributed by atoms with Crippen molar-refractivity contribution in [2.24, 2.45) is 11.3 Å². The number of H-pyrrole nitrogens is 1. The molecule has 25 heavy (non-hydrogen) atoms. The third-order valence-electron chi connectivity index (χ3n) is 5.94. The molecular weight excluding hydrogens is 322 g/mol. The summed E-state index contributed by atoms with van der Waals surface area (Å²) in [6.45, 7) is 1.73. The van der Waals surface area contributed by atoms with Crippen LogP contribution in [-0.4, -0.2) is 63.4 Å². The van der Waals surface area contributed by atoms with E-state index in [-0.39, 0.29) is 23.1 Å². The van der Waals surface area contributed by atoms with Crippen LogP contribution in [0.2, 0.25) is 0 Å². The van der Waals surface area contributed by atoms with E-state index in [4.69, 9.17) is 0 Å². The highest BCUT2D eigenvalue weighted by Crippen LogP contribution is 2.45. The van der Waals surface area contributed by atoms with Crippen LogP contribution in [0, 0.1) is 11.3 Å². The number of carbonyl (C=O) groups excluding carboxylic acids is 2. The Hall–Kier alpha value is -2.31. The summed E-state index contributed by atoms with van der Waals surface area (Å²) in [5, 5.41) is 9.55. The molecule has 1 unspecified atom stereocenters. The van der Waals surface area contributed by atoms with Gasteiger partial charge in [0.25, 0.3) is 5.91 Å². The average Bonchev–Trinajstić information content (AvgIpc) is 3.17. The van der Waals surface area contributed by atoms with Crippen molar-refractivity contribution in [2.45, 2.75) is 38.1 Å². The molecule has 3 aliphatic rings. The van der Waals surface area contributed by atoms with Crippen molar-refractivity contribution < 1.29 is 19.5 Å². The first-order valence-electron chi connectivity index (χ1n) is 8.95. The summed E-state index contributed by atoms with van der Waals surface area (Å²) < 4.78 is 0. The van der Waals surface area contributed by atoms with Crippen molar-refractivity contribution in [3.8, 4) is 0 Å². The third-order valence-corrected chi connectivity index (χ3v) is 5.94. The molecule has 0 bridgehead atoms. The van der Waals surface area contributed by atoms with E-state index in [1.54, 1.807) is 23.2 Å². The fourth-order valence-electron chi connectivity index (χ4n) is 4.25. The second-order valence-electron chi connectivity index (χ2n) is 7.67. The van der Waals surface area contributed by atoms with Crippen molar-refractivity contribution in [2.75, 3.05) is 19.6 Å². The Morgan fingerprint density at radius 1 is 1.20 bits per heavy atom. The molecule has 1 aromatic rings. The molecule has 0 aromatic carbocycles. The third kappa shape index (κ3) is 2.92. The zero-order chi connectivity index (χ0) is 17.6. The predicted octanol–water partition coefficient (Wildman–Crippen LogP) is 1.33. The molecule has 1 saturated carbocycles. The van der Waals surface area contributed by atoms with Crippen molar-refractivity contribution in [1.29, 1.82) is 0 Å². The van der Waals surface area contributed by atoms with Crippen molar-refractivity contribution in [3.05, 3.63) is 24.0 Å². The predicted molar refractivity (Wildman–Crippen MR) is 88.8 cm³/mol. The maximum absolute atomic E-state index is 12.5. The Balaban J connectivity index is 1.44. The van der Waals surface area contributed by atoms with Crippen LogP contribution in [-0.2, 0) is 9.59 Å². The topological polar surface area (TPSA) is 93.7 Å². The smallest absolute Gasteiger partial charge is 0.326 e. The number of rotatable bonds is 3. The number of carboxylic acid groups (broad SMARTS) is 1. The SMILES string of the molecule is O=C(O)C1CC2(CCN(C(=O)c3ccc[nH]3)CC2)CN1C(=O)C1CC1. The molecule has 0 radical (unpaired) electrons. The summed E-state index contributed by atoms with van der Waals surface area (Å²) >= 11 is 0. The number of carboxylic acids is 1. The number of aromatic nitrogens is 1. The Labute approximate surface area is 146 Å². The maximum atomic E-state index is 12.5. The quantitative estimate of drug-likeness (QED) is 0.864. The number of nitrogens with zero attached hydrogens (tertiary/aromatic N) is 2. The van der Waals surface area contributed by atoms with Crippen molar-refractivity contribution in [3.63, 3.8) is 0 Å². The molecule has 1 spiro atoms. The van der Waals surface area contributed by atoms with Crippen LogP contribution in [0.3, 0.4) is 0 Å². The maximum Gasteiger partial charge on any atom is 0.326 e. The van der Waals surface area contributed by atoms with Gasteiger partial charge < -0.3 is 19.9 Å². The lowest BCUT2D eigenvalue weighted by Crippen LogP contribution is -2.45. The van der Waals surface area contributed by atoms with Gasteiger partial charge in [-0.2, -0.15) is 0 Å². The van der Waals surface area contributed by atoms with Crippen molar-refractivity contribution in [1.82, 2.24) is 14.8 Å². The average molecular weight is 345 g/mol. The first kappa shape index (κ1) is 16.2. The number of likely N-dealkylation sites (tertiary alicyclic amines) is 2. The molecule has 2 aliphatic heterocycles. The normalized spacial score (nSPS) is 25.4. The largest absolute Gasteiger partial charge is 0.480 e. The van der Waals surface area contributed by atoms with Gasteiger partial charge >= 0.3 is 5.97 Å². The van der Waals surface area contributed by atoms with E-state index in [1.165, 1.54) is 0 Å².